The van der Waals surface area contributed by atoms with E-state index in [4.69, 9.17) is 25.8 Å². The Morgan fingerprint density at radius 1 is 1.06 bits per heavy atom. The SMILES string of the molecule is CCCCOC(=O)/C=C/c1cc(C)c(Oc2ccc(OCCc3ccc(C)cc3)cn2)c(Cl)c1. The second-order valence-electron chi connectivity index (χ2n) is 8.02. The summed E-state index contributed by atoms with van der Waals surface area (Å²) in [6, 6.07) is 15.6. The number of rotatable bonds is 11. The number of esters is 1. The number of unbranched alkanes of at least 4 members (excludes halogenated alkanes) is 1. The molecule has 5 nitrogen and oxygen atoms in total. The predicted molar refractivity (Wildman–Crippen MR) is 136 cm³/mol. The maximum absolute atomic E-state index is 11.8. The summed E-state index contributed by atoms with van der Waals surface area (Å²) in [5, 5.41) is 0.430. The molecule has 0 N–H and O–H groups in total. The Kier molecular flexibility index (Phi) is 9.53. The lowest BCUT2D eigenvalue weighted by molar-refractivity contribution is -0.137. The molecule has 0 aliphatic carbocycles. The van der Waals surface area contributed by atoms with Gasteiger partial charge in [0.1, 0.15) is 5.75 Å². The van der Waals surface area contributed by atoms with Gasteiger partial charge in [0.05, 0.1) is 24.4 Å². The molecule has 0 bridgehead atoms. The van der Waals surface area contributed by atoms with Gasteiger partial charge >= 0.3 is 5.97 Å². The van der Waals surface area contributed by atoms with Gasteiger partial charge in [0.2, 0.25) is 5.88 Å². The molecule has 1 aromatic heterocycles. The van der Waals surface area contributed by atoms with Gasteiger partial charge in [-0.25, -0.2) is 9.78 Å². The molecule has 6 heteroatoms. The van der Waals surface area contributed by atoms with Crippen molar-refractivity contribution in [1.29, 1.82) is 0 Å². The van der Waals surface area contributed by atoms with E-state index in [2.05, 4.69) is 36.2 Å². The van der Waals surface area contributed by atoms with E-state index in [-0.39, 0.29) is 5.97 Å². The van der Waals surface area contributed by atoms with Gasteiger partial charge in [-0.2, -0.15) is 0 Å². The first-order valence-corrected chi connectivity index (χ1v) is 11.8. The summed E-state index contributed by atoms with van der Waals surface area (Å²) in [4.78, 5) is 16.1. The maximum Gasteiger partial charge on any atom is 0.330 e. The first kappa shape index (κ1) is 25.3. The van der Waals surface area contributed by atoms with Crippen molar-refractivity contribution in [2.45, 2.75) is 40.0 Å². The average molecular weight is 480 g/mol. The third kappa shape index (κ3) is 7.92. The van der Waals surface area contributed by atoms with Crippen LogP contribution in [0.4, 0.5) is 0 Å². The van der Waals surface area contributed by atoms with Crippen molar-refractivity contribution in [1.82, 2.24) is 4.98 Å². The molecule has 34 heavy (non-hydrogen) atoms. The second-order valence-corrected chi connectivity index (χ2v) is 8.43. The fraction of sp³-hybridized carbons (Fsp3) is 0.286. The van der Waals surface area contributed by atoms with Crippen LogP contribution in [-0.4, -0.2) is 24.2 Å². The van der Waals surface area contributed by atoms with Crippen LogP contribution >= 0.6 is 11.6 Å². The van der Waals surface area contributed by atoms with Crippen LogP contribution in [-0.2, 0) is 16.0 Å². The Morgan fingerprint density at radius 2 is 1.85 bits per heavy atom. The molecular weight excluding hydrogens is 450 g/mol. The highest BCUT2D eigenvalue weighted by molar-refractivity contribution is 6.32. The van der Waals surface area contributed by atoms with Crippen molar-refractivity contribution < 1.29 is 19.0 Å². The van der Waals surface area contributed by atoms with E-state index in [1.165, 1.54) is 17.2 Å². The number of carbonyl (C=O) groups excluding carboxylic acids is 1. The Hall–Kier alpha value is -3.31. The molecule has 0 radical (unpaired) electrons. The molecular formula is C28H30ClNO4. The Balaban J connectivity index is 1.55. The molecule has 0 unspecified atom stereocenters. The van der Waals surface area contributed by atoms with Gasteiger partial charge in [-0.15, -0.1) is 0 Å². The normalized spacial score (nSPS) is 10.9. The highest BCUT2D eigenvalue weighted by atomic mass is 35.5. The van der Waals surface area contributed by atoms with Crippen LogP contribution in [0.1, 0.15) is 42.0 Å². The van der Waals surface area contributed by atoms with E-state index in [9.17, 15) is 4.79 Å². The summed E-state index contributed by atoms with van der Waals surface area (Å²) in [6.45, 7) is 7.00. The van der Waals surface area contributed by atoms with Gasteiger partial charge in [0.15, 0.2) is 5.75 Å². The molecule has 0 aliphatic rings. The molecule has 3 rings (SSSR count). The number of aromatic nitrogens is 1. The van der Waals surface area contributed by atoms with Crippen molar-refractivity contribution in [3.05, 3.63) is 88.1 Å². The largest absolute Gasteiger partial charge is 0.492 e. The average Bonchev–Trinajstić information content (AvgIpc) is 2.82. The molecule has 0 saturated carbocycles. The van der Waals surface area contributed by atoms with Crippen molar-refractivity contribution in [3.63, 3.8) is 0 Å². The summed E-state index contributed by atoms with van der Waals surface area (Å²) in [7, 11) is 0. The van der Waals surface area contributed by atoms with Crippen molar-refractivity contribution in [2.75, 3.05) is 13.2 Å². The minimum atomic E-state index is -0.368. The number of pyridine rings is 1. The predicted octanol–water partition coefficient (Wildman–Crippen LogP) is 7.12. The summed E-state index contributed by atoms with van der Waals surface area (Å²) < 4.78 is 16.8. The van der Waals surface area contributed by atoms with E-state index in [1.807, 2.05) is 26.0 Å². The van der Waals surface area contributed by atoms with E-state index < -0.39 is 0 Å². The van der Waals surface area contributed by atoms with E-state index >= 15 is 0 Å². The van der Waals surface area contributed by atoms with Crippen LogP contribution in [0.3, 0.4) is 0 Å². The number of nitrogens with zero attached hydrogens (tertiary/aromatic N) is 1. The molecule has 1 heterocycles. The van der Waals surface area contributed by atoms with Crippen LogP contribution < -0.4 is 9.47 Å². The molecule has 0 aliphatic heterocycles. The van der Waals surface area contributed by atoms with Crippen LogP contribution in [0.5, 0.6) is 17.4 Å². The molecule has 0 saturated heterocycles. The number of hydrogen-bond donors (Lipinski definition) is 0. The molecule has 0 atom stereocenters. The number of aryl methyl sites for hydroxylation is 2. The van der Waals surface area contributed by atoms with Crippen molar-refractivity contribution in [3.8, 4) is 17.4 Å². The smallest absolute Gasteiger partial charge is 0.330 e. The minimum absolute atomic E-state index is 0.368. The lowest BCUT2D eigenvalue weighted by Gasteiger charge is -2.12. The van der Waals surface area contributed by atoms with Crippen LogP contribution in [0.15, 0.2) is 60.8 Å². The first-order valence-electron chi connectivity index (χ1n) is 11.4. The molecule has 2 aromatic carbocycles. The van der Waals surface area contributed by atoms with Gasteiger partial charge in [0, 0.05) is 18.6 Å². The van der Waals surface area contributed by atoms with Gasteiger partial charge in [0.25, 0.3) is 0 Å². The minimum Gasteiger partial charge on any atom is -0.492 e. The lowest BCUT2D eigenvalue weighted by Crippen LogP contribution is -2.02. The van der Waals surface area contributed by atoms with Crippen LogP contribution in [0.25, 0.3) is 6.08 Å². The van der Waals surface area contributed by atoms with Crippen molar-refractivity contribution in [2.24, 2.45) is 0 Å². The molecule has 0 fully saturated rings. The van der Waals surface area contributed by atoms with E-state index in [0.717, 1.165) is 30.4 Å². The second kappa shape index (κ2) is 12.8. The highest BCUT2D eigenvalue weighted by Gasteiger charge is 2.10. The monoisotopic (exact) mass is 479 g/mol. The fourth-order valence-corrected chi connectivity index (χ4v) is 3.48. The third-order valence-corrected chi connectivity index (χ3v) is 5.38. The molecule has 3 aromatic rings. The van der Waals surface area contributed by atoms with Gasteiger partial charge in [-0.1, -0.05) is 54.8 Å². The number of ether oxygens (including phenoxy) is 3. The topological polar surface area (TPSA) is 57.7 Å². The number of carbonyl (C=O) groups is 1. The van der Waals surface area contributed by atoms with E-state index in [1.54, 1.807) is 24.4 Å². The van der Waals surface area contributed by atoms with Crippen LogP contribution in [0.2, 0.25) is 5.02 Å². The zero-order valence-electron chi connectivity index (χ0n) is 19.8. The standard InChI is InChI=1S/C28H30ClNO4/c1-4-5-15-33-27(31)13-10-23-17-21(3)28(25(29)18-23)34-26-12-11-24(19-30-26)32-16-14-22-8-6-20(2)7-9-22/h6-13,17-19H,4-5,14-16H2,1-3H3/b13-10+. The van der Waals surface area contributed by atoms with Crippen LogP contribution in [0, 0.1) is 13.8 Å². The first-order chi connectivity index (χ1) is 16.4. The van der Waals surface area contributed by atoms with Gasteiger partial charge < -0.3 is 14.2 Å². The highest BCUT2D eigenvalue weighted by Crippen LogP contribution is 2.34. The summed E-state index contributed by atoms with van der Waals surface area (Å²) in [5.74, 6) is 1.24. The number of halogens is 1. The van der Waals surface area contributed by atoms with Crippen molar-refractivity contribution >= 4 is 23.6 Å². The van der Waals surface area contributed by atoms with Gasteiger partial charge in [-0.3, -0.25) is 0 Å². The third-order valence-electron chi connectivity index (χ3n) is 5.10. The quantitative estimate of drug-likeness (QED) is 0.166. The molecule has 0 spiro atoms. The summed E-state index contributed by atoms with van der Waals surface area (Å²) >= 11 is 6.44. The zero-order valence-corrected chi connectivity index (χ0v) is 20.6. The van der Waals surface area contributed by atoms with E-state index in [0.29, 0.717) is 35.6 Å². The summed E-state index contributed by atoms with van der Waals surface area (Å²) in [6.07, 6.45) is 7.37. The Morgan fingerprint density at radius 3 is 2.53 bits per heavy atom. The van der Waals surface area contributed by atoms with Gasteiger partial charge in [-0.05, 0) is 61.2 Å². The summed E-state index contributed by atoms with van der Waals surface area (Å²) in [5.41, 5.74) is 4.09. The molecule has 0 amide bonds. The number of benzene rings is 2. The lowest BCUT2D eigenvalue weighted by atomic mass is 10.1. The molecule has 178 valence electrons. The Labute approximate surface area is 206 Å². The Bertz CT molecular complexity index is 1090. The number of hydrogen-bond acceptors (Lipinski definition) is 5. The maximum atomic E-state index is 11.8. The zero-order chi connectivity index (χ0) is 24.3. The fourth-order valence-electron chi connectivity index (χ4n) is 3.17.